The van der Waals surface area contributed by atoms with Crippen LogP contribution in [0.2, 0.25) is 0 Å². The molecule has 0 aromatic heterocycles. The van der Waals surface area contributed by atoms with Gasteiger partial charge in [0.05, 0.1) is 0 Å². The lowest BCUT2D eigenvalue weighted by atomic mass is 10.1. The van der Waals surface area contributed by atoms with Gasteiger partial charge in [-0.15, -0.1) is 0 Å². The van der Waals surface area contributed by atoms with E-state index in [2.05, 4.69) is 6.58 Å². The summed E-state index contributed by atoms with van der Waals surface area (Å²) in [5.41, 5.74) is -0.624. The van der Waals surface area contributed by atoms with Crippen molar-refractivity contribution in [2.75, 3.05) is 0 Å². The lowest BCUT2D eigenvalue weighted by Gasteiger charge is -2.02. The van der Waals surface area contributed by atoms with E-state index in [9.17, 15) is 13.6 Å². The smallest absolute Gasteiger partial charge is 0.339 e. The zero-order valence-corrected chi connectivity index (χ0v) is 6.55. The van der Waals surface area contributed by atoms with Gasteiger partial charge in [0.15, 0.2) is 0 Å². The Kier molecular flexibility index (Phi) is 2.41. The number of hydrogen-bond acceptors (Lipinski definition) is 1. The van der Waals surface area contributed by atoms with Crippen molar-refractivity contribution in [2.45, 2.75) is 0 Å². The van der Waals surface area contributed by atoms with Crippen molar-refractivity contribution in [3.05, 3.63) is 41.5 Å². The molecule has 1 N–H and O–H groups in total. The molecule has 0 unspecified atom stereocenters. The Morgan fingerprint density at radius 1 is 1.46 bits per heavy atom. The SMILES string of the molecule is C=Cc1cc(F)cc(F)c1C(=O)O. The predicted molar refractivity (Wildman–Crippen MR) is 43.4 cm³/mol. The van der Waals surface area contributed by atoms with Gasteiger partial charge in [0.2, 0.25) is 0 Å². The number of benzene rings is 1. The molecule has 68 valence electrons. The number of halogens is 2. The van der Waals surface area contributed by atoms with Gasteiger partial charge in [-0.2, -0.15) is 0 Å². The highest BCUT2D eigenvalue weighted by molar-refractivity contribution is 5.92. The number of carboxylic acid groups (broad SMARTS) is 1. The average Bonchev–Trinajstić information content (AvgIpc) is 2.01. The van der Waals surface area contributed by atoms with Crippen molar-refractivity contribution in [1.29, 1.82) is 0 Å². The Balaban J connectivity index is 3.47. The highest BCUT2D eigenvalue weighted by Crippen LogP contribution is 2.16. The Morgan fingerprint density at radius 2 is 2.08 bits per heavy atom. The van der Waals surface area contributed by atoms with E-state index in [1.54, 1.807) is 0 Å². The van der Waals surface area contributed by atoms with Crippen LogP contribution in [0.3, 0.4) is 0 Å². The van der Waals surface area contributed by atoms with Crippen molar-refractivity contribution < 1.29 is 18.7 Å². The van der Waals surface area contributed by atoms with Gasteiger partial charge in [-0.1, -0.05) is 12.7 Å². The van der Waals surface area contributed by atoms with Gasteiger partial charge < -0.3 is 5.11 Å². The minimum absolute atomic E-state index is 0.0648. The Hall–Kier alpha value is -1.71. The summed E-state index contributed by atoms with van der Waals surface area (Å²) in [6.45, 7) is 3.26. The van der Waals surface area contributed by atoms with Crippen LogP contribution in [-0.2, 0) is 0 Å². The Labute approximate surface area is 73.1 Å². The topological polar surface area (TPSA) is 37.3 Å². The van der Waals surface area contributed by atoms with Crippen LogP contribution in [0.5, 0.6) is 0 Å². The first-order valence-corrected chi connectivity index (χ1v) is 3.41. The highest BCUT2D eigenvalue weighted by atomic mass is 19.1. The maximum atomic E-state index is 12.9. The summed E-state index contributed by atoms with van der Waals surface area (Å²) in [6, 6.07) is 1.44. The lowest BCUT2D eigenvalue weighted by Crippen LogP contribution is -2.04. The van der Waals surface area contributed by atoms with Crippen molar-refractivity contribution in [3.63, 3.8) is 0 Å². The largest absolute Gasteiger partial charge is 0.478 e. The molecule has 1 rings (SSSR count). The van der Waals surface area contributed by atoms with Crippen molar-refractivity contribution in [2.24, 2.45) is 0 Å². The van der Waals surface area contributed by atoms with Gasteiger partial charge in [-0.3, -0.25) is 0 Å². The van der Waals surface area contributed by atoms with Crippen molar-refractivity contribution in [3.8, 4) is 0 Å². The molecular weight excluding hydrogens is 178 g/mol. The number of hydrogen-bond donors (Lipinski definition) is 1. The summed E-state index contributed by atoms with van der Waals surface area (Å²) in [6.07, 6.45) is 1.09. The summed E-state index contributed by atoms with van der Waals surface area (Å²) in [7, 11) is 0. The van der Waals surface area contributed by atoms with Gasteiger partial charge in [-0.05, 0) is 11.6 Å². The average molecular weight is 184 g/mol. The standard InChI is InChI=1S/C9H6F2O2/c1-2-5-3-6(10)4-7(11)8(5)9(12)13/h2-4H,1H2,(H,12,13). The Bertz CT molecular complexity index is 372. The summed E-state index contributed by atoms with van der Waals surface area (Å²) in [5.74, 6) is -3.35. The Morgan fingerprint density at radius 3 is 2.54 bits per heavy atom. The summed E-state index contributed by atoms with van der Waals surface area (Å²) >= 11 is 0. The van der Waals surface area contributed by atoms with Gasteiger partial charge >= 0.3 is 5.97 Å². The highest BCUT2D eigenvalue weighted by Gasteiger charge is 2.15. The molecule has 1 aromatic rings. The van der Waals surface area contributed by atoms with Gasteiger partial charge in [0, 0.05) is 6.07 Å². The molecule has 0 aliphatic heterocycles. The molecule has 0 atom stereocenters. The molecule has 0 saturated carbocycles. The predicted octanol–water partition coefficient (Wildman–Crippen LogP) is 2.31. The van der Waals surface area contributed by atoms with Crippen LogP contribution in [0.25, 0.3) is 6.08 Å². The molecule has 0 fully saturated rings. The van der Waals surface area contributed by atoms with Crippen LogP contribution >= 0.6 is 0 Å². The summed E-state index contributed by atoms with van der Waals surface area (Å²) in [5, 5.41) is 8.56. The maximum Gasteiger partial charge on any atom is 0.339 e. The van der Waals surface area contributed by atoms with Crippen LogP contribution < -0.4 is 0 Å². The fourth-order valence-corrected chi connectivity index (χ4v) is 0.980. The third-order valence-corrected chi connectivity index (χ3v) is 1.52. The van der Waals surface area contributed by atoms with E-state index in [4.69, 9.17) is 5.11 Å². The van der Waals surface area contributed by atoms with Crippen molar-refractivity contribution in [1.82, 2.24) is 0 Å². The molecule has 0 bridgehead atoms. The molecule has 0 amide bonds. The first-order chi connectivity index (χ1) is 6.06. The molecule has 0 heterocycles. The second kappa shape index (κ2) is 3.35. The van der Waals surface area contributed by atoms with Gasteiger partial charge in [0.25, 0.3) is 0 Å². The zero-order valence-electron chi connectivity index (χ0n) is 6.55. The second-order valence-electron chi connectivity index (χ2n) is 2.36. The van der Waals surface area contributed by atoms with E-state index in [0.29, 0.717) is 6.07 Å². The molecule has 2 nitrogen and oxygen atoms in total. The van der Waals surface area contributed by atoms with Crippen LogP contribution in [0, 0.1) is 11.6 Å². The lowest BCUT2D eigenvalue weighted by molar-refractivity contribution is 0.0691. The number of rotatable bonds is 2. The monoisotopic (exact) mass is 184 g/mol. The first-order valence-electron chi connectivity index (χ1n) is 3.41. The van der Waals surface area contributed by atoms with Crippen LogP contribution in [0.15, 0.2) is 18.7 Å². The minimum Gasteiger partial charge on any atom is -0.478 e. The summed E-state index contributed by atoms with van der Waals surface area (Å²) < 4.78 is 25.5. The van der Waals surface area contributed by atoms with Gasteiger partial charge in [0.1, 0.15) is 17.2 Å². The van der Waals surface area contributed by atoms with Gasteiger partial charge in [-0.25, -0.2) is 13.6 Å². The molecule has 4 heteroatoms. The molecule has 0 spiro atoms. The molecular formula is C9H6F2O2. The second-order valence-corrected chi connectivity index (χ2v) is 2.36. The maximum absolute atomic E-state index is 12.9. The van der Waals surface area contributed by atoms with Crippen LogP contribution in [0.1, 0.15) is 15.9 Å². The normalized spacial score (nSPS) is 9.69. The molecule has 0 saturated heterocycles. The molecule has 1 aromatic carbocycles. The summed E-state index contributed by atoms with van der Waals surface area (Å²) in [4.78, 5) is 10.5. The zero-order chi connectivity index (χ0) is 10.0. The third kappa shape index (κ3) is 1.72. The quantitative estimate of drug-likeness (QED) is 0.765. The van der Waals surface area contributed by atoms with E-state index < -0.39 is 23.2 Å². The van der Waals surface area contributed by atoms with E-state index in [0.717, 1.165) is 12.1 Å². The number of aromatic carboxylic acids is 1. The number of carbonyl (C=O) groups is 1. The number of carboxylic acids is 1. The third-order valence-electron chi connectivity index (χ3n) is 1.52. The van der Waals surface area contributed by atoms with E-state index in [-0.39, 0.29) is 5.56 Å². The van der Waals surface area contributed by atoms with E-state index in [1.165, 1.54) is 0 Å². The van der Waals surface area contributed by atoms with Crippen LogP contribution in [-0.4, -0.2) is 11.1 Å². The van der Waals surface area contributed by atoms with E-state index >= 15 is 0 Å². The van der Waals surface area contributed by atoms with Crippen molar-refractivity contribution >= 4 is 12.0 Å². The van der Waals surface area contributed by atoms with E-state index in [1.807, 2.05) is 0 Å². The fraction of sp³-hybridized carbons (Fsp3) is 0. The minimum atomic E-state index is -1.44. The molecule has 0 radical (unpaired) electrons. The fourth-order valence-electron chi connectivity index (χ4n) is 0.980. The molecule has 13 heavy (non-hydrogen) atoms. The molecule has 0 aliphatic carbocycles. The molecule has 0 aliphatic rings. The first kappa shape index (κ1) is 9.38. The van der Waals surface area contributed by atoms with Crippen LogP contribution in [0.4, 0.5) is 8.78 Å².